The van der Waals surface area contributed by atoms with Gasteiger partial charge < -0.3 is 4.90 Å². The van der Waals surface area contributed by atoms with Crippen LogP contribution < -0.4 is 0 Å². The van der Waals surface area contributed by atoms with Gasteiger partial charge in [-0.05, 0) is 31.7 Å². The third kappa shape index (κ3) is 3.88. The van der Waals surface area contributed by atoms with E-state index in [-0.39, 0.29) is 11.9 Å². The van der Waals surface area contributed by atoms with Crippen molar-refractivity contribution in [2.45, 2.75) is 38.6 Å². The first-order chi connectivity index (χ1) is 12.0. The molecule has 3 rings (SSSR count). The maximum Gasteiger partial charge on any atom is 0.282 e. The first-order valence-electron chi connectivity index (χ1n) is 9.07. The van der Waals surface area contributed by atoms with E-state index in [0.717, 1.165) is 12.8 Å². The van der Waals surface area contributed by atoms with E-state index in [4.69, 9.17) is 0 Å². The van der Waals surface area contributed by atoms with Crippen LogP contribution >= 0.6 is 0 Å². The minimum atomic E-state index is -3.39. The maximum absolute atomic E-state index is 12.9. The van der Waals surface area contributed by atoms with Gasteiger partial charge in [-0.2, -0.15) is 22.1 Å². The second kappa shape index (κ2) is 7.84. The number of carbonyl (C=O) groups is 1. The van der Waals surface area contributed by atoms with E-state index in [9.17, 15) is 13.2 Å². The quantitative estimate of drug-likeness (QED) is 0.766. The zero-order valence-corrected chi connectivity index (χ0v) is 15.6. The van der Waals surface area contributed by atoms with E-state index in [2.05, 4.69) is 5.10 Å². The maximum atomic E-state index is 12.9. The van der Waals surface area contributed by atoms with Crippen LogP contribution in [-0.2, 0) is 15.0 Å². The highest BCUT2D eigenvalue weighted by Gasteiger charge is 2.34. The summed E-state index contributed by atoms with van der Waals surface area (Å²) < 4.78 is 30.3. The van der Waals surface area contributed by atoms with Crippen molar-refractivity contribution in [1.29, 1.82) is 0 Å². The number of hydrogen-bond acceptors (Lipinski definition) is 4. The van der Waals surface area contributed by atoms with E-state index in [1.807, 2.05) is 13.0 Å². The molecule has 0 unspecified atom stereocenters. The highest BCUT2D eigenvalue weighted by atomic mass is 32.2. The smallest absolute Gasteiger partial charge is 0.282 e. The SMILES string of the molecule is CC[C@@H](C(=O)N1CCCN(S(=O)(=O)N2CCCC2)CC1)n1cccn1. The Bertz CT molecular complexity index is 670. The second-order valence-corrected chi connectivity index (χ2v) is 8.53. The van der Waals surface area contributed by atoms with Crippen molar-refractivity contribution in [3.8, 4) is 0 Å². The van der Waals surface area contributed by atoms with Crippen LogP contribution in [0.5, 0.6) is 0 Å². The van der Waals surface area contributed by atoms with Gasteiger partial charge in [-0.3, -0.25) is 9.48 Å². The van der Waals surface area contributed by atoms with Crippen LogP contribution in [0, 0.1) is 0 Å². The largest absolute Gasteiger partial charge is 0.339 e. The molecular weight excluding hydrogens is 342 g/mol. The Morgan fingerprint density at radius 3 is 2.36 bits per heavy atom. The van der Waals surface area contributed by atoms with Crippen LogP contribution in [0.1, 0.15) is 38.6 Å². The average molecular weight is 369 g/mol. The summed E-state index contributed by atoms with van der Waals surface area (Å²) in [6.07, 6.45) is 6.65. The van der Waals surface area contributed by atoms with Crippen LogP contribution in [0.4, 0.5) is 0 Å². The summed E-state index contributed by atoms with van der Waals surface area (Å²) >= 11 is 0. The van der Waals surface area contributed by atoms with Gasteiger partial charge in [-0.25, -0.2) is 0 Å². The first-order valence-corrected chi connectivity index (χ1v) is 10.5. The average Bonchev–Trinajstić information content (AvgIpc) is 3.26. The third-order valence-corrected chi connectivity index (χ3v) is 7.04. The lowest BCUT2D eigenvalue weighted by Crippen LogP contribution is -2.45. The second-order valence-electron chi connectivity index (χ2n) is 6.60. The van der Waals surface area contributed by atoms with Gasteiger partial charge >= 0.3 is 0 Å². The van der Waals surface area contributed by atoms with E-state index in [0.29, 0.717) is 52.1 Å². The summed E-state index contributed by atoms with van der Waals surface area (Å²) in [5.74, 6) is 0.0200. The highest BCUT2D eigenvalue weighted by Crippen LogP contribution is 2.20. The molecule has 8 nitrogen and oxygen atoms in total. The Balaban J connectivity index is 1.66. The standard InChI is InChI=1S/C16H27N5O3S/c1-2-15(21-12-5-7-17-21)16(22)18-8-6-11-20(14-13-18)25(23,24)19-9-3-4-10-19/h5,7,12,15H,2-4,6,8-11,13-14H2,1H3/t15-/m0/s1. The molecule has 0 aliphatic carbocycles. The summed E-state index contributed by atoms with van der Waals surface area (Å²) in [6.45, 7) is 5.04. The molecule has 1 aromatic rings. The Hall–Kier alpha value is -1.45. The van der Waals surface area contributed by atoms with Crippen molar-refractivity contribution in [3.63, 3.8) is 0 Å². The van der Waals surface area contributed by atoms with Gasteiger partial charge in [0.25, 0.3) is 10.2 Å². The van der Waals surface area contributed by atoms with Crippen LogP contribution in [-0.4, -0.2) is 76.9 Å². The lowest BCUT2D eigenvalue weighted by atomic mass is 10.2. The van der Waals surface area contributed by atoms with Crippen LogP contribution in [0.15, 0.2) is 18.5 Å². The van der Waals surface area contributed by atoms with Gasteiger partial charge in [0, 0.05) is 51.7 Å². The topological polar surface area (TPSA) is 78.8 Å². The molecule has 140 valence electrons. The van der Waals surface area contributed by atoms with Gasteiger partial charge in [0.15, 0.2) is 0 Å². The van der Waals surface area contributed by atoms with Gasteiger partial charge in [0.2, 0.25) is 5.91 Å². The van der Waals surface area contributed by atoms with Gasteiger partial charge in [-0.1, -0.05) is 6.92 Å². The fourth-order valence-corrected chi connectivity index (χ4v) is 5.30. The fourth-order valence-electron chi connectivity index (χ4n) is 3.58. The Morgan fingerprint density at radius 2 is 1.72 bits per heavy atom. The van der Waals surface area contributed by atoms with Gasteiger partial charge in [0.1, 0.15) is 6.04 Å². The number of nitrogens with zero attached hydrogens (tertiary/aromatic N) is 5. The number of hydrogen-bond donors (Lipinski definition) is 0. The lowest BCUT2D eigenvalue weighted by molar-refractivity contribution is -0.135. The van der Waals surface area contributed by atoms with Crippen LogP contribution in [0.2, 0.25) is 0 Å². The summed E-state index contributed by atoms with van der Waals surface area (Å²) in [6, 6.07) is 1.49. The molecule has 2 aliphatic heterocycles. The molecule has 9 heteroatoms. The Morgan fingerprint density at radius 1 is 1.04 bits per heavy atom. The number of carbonyl (C=O) groups excluding carboxylic acids is 1. The predicted octanol–water partition coefficient (Wildman–Crippen LogP) is 0.709. The molecular formula is C16H27N5O3S. The molecule has 0 radical (unpaired) electrons. The van der Waals surface area contributed by atoms with Crippen LogP contribution in [0.25, 0.3) is 0 Å². The molecule has 1 atom stereocenters. The van der Waals surface area contributed by atoms with E-state index < -0.39 is 10.2 Å². The van der Waals surface area contributed by atoms with Gasteiger partial charge in [-0.15, -0.1) is 0 Å². The summed E-state index contributed by atoms with van der Waals surface area (Å²) in [7, 11) is -3.39. The van der Waals surface area contributed by atoms with Gasteiger partial charge in [0.05, 0.1) is 0 Å². The van der Waals surface area contributed by atoms with E-state index >= 15 is 0 Å². The first kappa shape index (κ1) is 18.3. The molecule has 0 saturated carbocycles. The molecule has 3 heterocycles. The Kier molecular flexibility index (Phi) is 5.75. The zero-order valence-electron chi connectivity index (χ0n) is 14.7. The van der Waals surface area contributed by atoms with Crippen molar-refractivity contribution in [2.75, 3.05) is 39.3 Å². The normalized spacial score (nSPS) is 22.0. The molecule has 0 spiro atoms. The molecule has 1 amide bonds. The van der Waals surface area contributed by atoms with Crippen molar-refractivity contribution in [1.82, 2.24) is 23.3 Å². The molecule has 25 heavy (non-hydrogen) atoms. The third-order valence-electron chi connectivity index (χ3n) is 5.00. The van der Waals surface area contributed by atoms with Crippen molar-refractivity contribution >= 4 is 16.1 Å². The molecule has 0 N–H and O–H groups in total. The molecule has 1 aromatic heterocycles. The Labute approximate surface area is 149 Å². The lowest BCUT2D eigenvalue weighted by Gasteiger charge is -2.27. The summed E-state index contributed by atoms with van der Waals surface area (Å²) in [5, 5.41) is 4.19. The van der Waals surface area contributed by atoms with E-state index in [1.54, 1.807) is 30.6 Å². The highest BCUT2D eigenvalue weighted by molar-refractivity contribution is 7.86. The zero-order chi connectivity index (χ0) is 17.9. The number of aromatic nitrogens is 2. The van der Waals surface area contributed by atoms with Crippen LogP contribution in [0.3, 0.4) is 0 Å². The molecule has 2 saturated heterocycles. The predicted molar refractivity (Wildman–Crippen MR) is 94.1 cm³/mol. The van der Waals surface area contributed by atoms with Crippen molar-refractivity contribution < 1.29 is 13.2 Å². The number of amides is 1. The molecule has 2 aliphatic rings. The molecule has 0 bridgehead atoms. The fraction of sp³-hybridized carbons (Fsp3) is 0.750. The van der Waals surface area contributed by atoms with Crippen molar-refractivity contribution in [2.24, 2.45) is 0 Å². The minimum Gasteiger partial charge on any atom is -0.339 e. The number of rotatable bonds is 5. The summed E-state index contributed by atoms with van der Waals surface area (Å²) in [4.78, 5) is 14.7. The minimum absolute atomic E-state index is 0.0200. The van der Waals surface area contributed by atoms with E-state index in [1.165, 1.54) is 0 Å². The monoisotopic (exact) mass is 369 g/mol. The summed E-state index contributed by atoms with van der Waals surface area (Å²) in [5.41, 5.74) is 0. The molecule has 0 aromatic carbocycles. The van der Waals surface area contributed by atoms with Crippen molar-refractivity contribution in [3.05, 3.63) is 18.5 Å². The molecule has 2 fully saturated rings.